The van der Waals surface area contributed by atoms with Crippen LogP contribution in [0.25, 0.3) is 0 Å². The van der Waals surface area contributed by atoms with Crippen LogP contribution in [0.2, 0.25) is 0 Å². The van der Waals surface area contributed by atoms with Gasteiger partial charge in [-0.1, -0.05) is 30.3 Å². The zero-order valence-corrected chi connectivity index (χ0v) is 14.2. The highest BCUT2D eigenvalue weighted by Gasteiger charge is 2.23. The SMILES string of the molecule is O=C(NCCc1ccccc1)NC1CCC(Oc2cnccn2)CC1. The van der Waals surface area contributed by atoms with Crippen LogP contribution in [0.3, 0.4) is 0 Å². The molecule has 1 saturated carbocycles. The van der Waals surface area contributed by atoms with E-state index in [0.717, 1.165) is 32.1 Å². The molecule has 1 fully saturated rings. The van der Waals surface area contributed by atoms with Crippen LogP contribution in [0.5, 0.6) is 5.88 Å². The number of carbonyl (C=O) groups excluding carboxylic acids is 1. The van der Waals surface area contributed by atoms with Crippen LogP contribution in [0, 0.1) is 0 Å². The summed E-state index contributed by atoms with van der Waals surface area (Å²) in [5, 5.41) is 5.99. The Morgan fingerprint density at radius 3 is 2.64 bits per heavy atom. The first-order chi connectivity index (χ1) is 12.3. The van der Waals surface area contributed by atoms with Gasteiger partial charge in [-0.15, -0.1) is 0 Å². The largest absolute Gasteiger partial charge is 0.473 e. The molecule has 2 aromatic rings. The van der Waals surface area contributed by atoms with E-state index >= 15 is 0 Å². The summed E-state index contributed by atoms with van der Waals surface area (Å²) in [6.45, 7) is 0.640. The molecule has 6 heteroatoms. The first kappa shape index (κ1) is 17.2. The minimum absolute atomic E-state index is 0.0887. The van der Waals surface area contributed by atoms with Crippen LogP contribution in [0.15, 0.2) is 48.9 Å². The molecule has 1 aromatic heterocycles. The van der Waals surface area contributed by atoms with Crippen LogP contribution in [-0.4, -0.2) is 34.7 Å². The number of ether oxygens (including phenoxy) is 1. The normalized spacial score (nSPS) is 19.8. The summed E-state index contributed by atoms with van der Waals surface area (Å²) < 4.78 is 5.82. The van der Waals surface area contributed by atoms with Crippen molar-refractivity contribution in [1.82, 2.24) is 20.6 Å². The second-order valence-corrected chi connectivity index (χ2v) is 6.27. The Kier molecular flexibility index (Phi) is 6.20. The maximum atomic E-state index is 12.0. The van der Waals surface area contributed by atoms with E-state index in [4.69, 9.17) is 4.74 Å². The van der Waals surface area contributed by atoms with E-state index in [1.54, 1.807) is 18.6 Å². The Morgan fingerprint density at radius 2 is 1.92 bits per heavy atom. The Bertz CT molecular complexity index is 643. The molecule has 1 aliphatic carbocycles. The zero-order valence-electron chi connectivity index (χ0n) is 14.2. The fraction of sp³-hybridized carbons (Fsp3) is 0.421. The summed E-state index contributed by atoms with van der Waals surface area (Å²) >= 11 is 0. The summed E-state index contributed by atoms with van der Waals surface area (Å²) in [6, 6.07) is 10.3. The number of hydrogen-bond donors (Lipinski definition) is 2. The lowest BCUT2D eigenvalue weighted by Crippen LogP contribution is -2.45. The number of aromatic nitrogens is 2. The lowest BCUT2D eigenvalue weighted by Gasteiger charge is -2.29. The summed E-state index contributed by atoms with van der Waals surface area (Å²) in [5.41, 5.74) is 1.23. The van der Waals surface area contributed by atoms with Crippen LogP contribution in [0.4, 0.5) is 4.79 Å². The average Bonchev–Trinajstić information content (AvgIpc) is 2.65. The third-order valence-electron chi connectivity index (χ3n) is 4.38. The smallest absolute Gasteiger partial charge is 0.315 e. The highest BCUT2D eigenvalue weighted by molar-refractivity contribution is 5.74. The Balaban J connectivity index is 1.32. The van der Waals surface area contributed by atoms with Gasteiger partial charge in [0.1, 0.15) is 6.10 Å². The molecule has 2 amide bonds. The molecule has 0 radical (unpaired) electrons. The second-order valence-electron chi connectivity index (χ2n) is 6.27. The van der Waals surface area contributed by atoms with Crippen molar-refractivity contribution < 1.29 is 9.53 Å². The third kappa shape index (κ3) is 5.74. The summed E-state index contributed by atoms with van der Waals surface area (Å²) in [6.07, 6.45) is 9.52. The maximum absolute atomic E-state index is 12.0. The molecule has 0 aliphatic heterocycles. The molecule has 25 heavy (non-hydrogen) atoms. The molecular formula is C19H24N4O2. The van der Waals surface area contributed by atoms with E-state index in [1.807, 2.05) is 18.2 Å². The molecule has 2 N–H and O–H groups in total. The number of hydrogen-bond acceptors (Lipinski definition) is 4. The molecule has 132 valence electrons. The van der Waals surface area contributed by atoms with E-state index in [9.17, 15) is 4.79 Å². The zero-order chi connectivity index (χ0) is 17.3. The standard InChI is InChI=1S/C19H24N4O2/c24-19(22-11-10-15-4-2-1-3-5-15)23-16-6-8-17(9-7-16)25-18-14-20-12-13-21-18/h1-5,12-14,16-17H,6-11H2,(H2,22,23,24). The molecule has 3 rings (SSSR count). The highest BCUT2D eigenvalue weighted by Crippen LogP contribution is 2.22. The number of rotatable bonds is 6. The van der Waals surface area contributed by atoms with Crippen LogP contribution in [0.1, 0.15) is 31.2 Å². The predicted octanol–water partition coefficient (Wildman–Crippen LogP) is 2.71. The molecule has 6 nitrogen and oxygen atoms in total. The molecule has 1 aliphatic rings. The number of benzene rings is 1. The number of carbonyl (C=O) groups is 1. The van der Waals surface area contributed by atoms with Gasteiger partial charge >= 0.3 is 6.03 Å². The van der Waals surface area contributed by atoms with E-state index < -0.39 is 0 Å². The quantitative estimate of drug-likeness (QED) is 0.848. The number of nitrogens with one attached hydrogen (secondary N) is 2. The van der Waals surface area contributed by atoms with Gasteiger partial charge in [-0.3, -0.25) is 4.98 Å². The second kappa shape index (κ2) is 9.01. The first-order valence-corrected chi connectivity index (χ1v) is 8.80. The van der Waals surface area contributed by atoms with Gasteiger partial charge in [0.2, 0.25) is 5.88 Å². The van der Waals surface area contributed by atoms with Crippen molar-refractivity contribution in [3.63, 3.8) is 0 Å². The van der Waals surface area contributed by atoms with Crippen molar-refractivity contribution >= 4 is 6.03 Å². The van der Waals surface area contributed by atoms with Gasteiger partial charge in [0.05, 0.1) is 6.20 Å². The summed E-state index contributed by atoms with van der Waals surface area (Å²) in [5.74, 6) is 0.567. The van der Waals surface area contributed by atoms with Gasteiger partial charge in [0, 0.05) is 25.0 Å². The van der Waals surface area contributed by atoms with Crippen molar-refractivity contribution in [3.8, 4) is 5.88 Å². The lowest BCUT2D eigenvalue weighted by molar-refractivity contribution is 0.134. The van der Waals surface area contributed by atoms with Gasteiger partial charge in [0.15, 0.2) is 0 Å². The van der Waals surface area contributed by atoms with Crippen molar-refractivity contribution in [1.29, 1.82) is 0 Å². The Morgan fingerprint density at radius 1 is 1.12 bits per heavy atom. The van der Waals surface area contributed by atoms with Crippen LogP contribution < -0.4 is 15.4 Å². The minimum Gasteiger partial charge on any atom is -0.473 e. The monoisotopic (exact) mass is 340 g/mol. The predicted molar refractivity (Wildman–Crippen MR) is 95.4 cm³/mol. The summed E-state index contributed by atoms with van der Waals surface area (Å²) in [4.78, 5) is 20.1. The van der Waals surface area contributed by atoms with E-state index in [0.29, 0.717) is 12.4 Å². The number of nitrogens with zero attached hydrogens (tertiary/aromatic N) is 2. The fourth-order valence-electron chi connectivity index (χ4n) is 3.04. The van der Waals surface area contributed by atoms with Crippen molar-refractivity contribution in [3.05, 3.63) is 54.5 Å². The van der Waals surface area contributed by atoms with Gasteiger partial charge in [0.25, 0.3) is 0 Å². The van der Waals surface area contributed by atoms with E-state index in [-0.39, 0.29) is 18.2 Å². The maximum Gasteiger partial charge on any atom is 0.315 e. The van der Waals surface area contributed by atoms with E-state index in [1.165, 1.54) is 5.56 Å². The van der Waals surface area contributed by atoms with Gasteiger partial charge in [-0.2, -0.15) is 0 Å². The molecule has 1 heterocycles. The lowest BCUT2D eigenvalue weighted by atomic mass is 9.93. The van der Waals surface area contributed by atoms with Gasteiger partial charge in [-0.25, -0.2) is 9.78 Å². The average molecular weight is 340 g/mol. The number of urea groups is 1. The van der Waals surface area contributed by atoms with Crippen molar-refractivity contribution in [2.24, 2.45) is 0 Å². The summed E-state index contributed by atoms with van der Waals surface area (Å²) in [7, 11) is 0. The Hall–Kier alpha value is -2.63. The number of amides is 2. The molecule has 0 saturated heterocycles. The van der Waals surface area contributed by atoms with Crippen LogP contribution in [-0.2, 0) is 6.42 Å². The van der Waals surface area contributed by atoms with Crippen LogP contribution >= 0.6 is 0 Å². The van der Waals surface area contributed by atoms with Gasteiger partial charge in [-0.05, 0) is 37.7 Å². The molecule has 0 unspecified atom stereocenters. The minimum atomic E-state index is -0.0887. The van der Waals surface area contributed by atoms with E-state index in [2.05, 4.69) is 32.7 Å². The molecule has 0 atom stereocenters. The Labute approximate surface area is 148 Å². The first-order valence-electron chi connectivity index (χ1n) is 8.80. The molecular weight excluding hydrogens is 316 g/mol. The van der Waals surface area contributed by atoms with Crippen molar-refractivity contribution in [2.75, 3.05) is 6.54 Å². The van der Waals surface area contributed by atoms with Gasteiger partial charge < -0.3 is 15.4 Å². The molecule has 0 bridgehead atoms. The fourth-order valence-corrected chi connectivity index (χ4v) is 3.04. The molecule has 1 aromatic carbocycles. The van der Waals surface area contributed by atoms with Crippen molar-refractivity contribution in [2.45, 2.75) is 44.2 Å². The highest BCUT2D eigenvalue weighted by atomic mass is 16.5. The molecule has 0 spiro atoms. The topological polar surface area (TPSA) is 76.1 Å². The third-order valence-corrected chi connectivity index (χ3v) is 4.38.